The fourth-order valence-electron chi connectivity index (χ4n) is 3.72. The van der Waals surface area contributed by atoms with Crippen LogP contribution in [0.2, 0.25) is 0 Å². The second-order valence-corrected chi connectivity index (χ2v) is 9.26. The number of carbonyl (C=O) groups excluding carboxylic acids is 1. The number of amides is 1. The second-order valence-electron chi connectivity index (χ2n) is 9.26. The van der Waals surface area contributed by atoms with Crippen molar-refractivity contribution in [2.75, 3.05) is 5.32 Å². The minimum Gasteiger partial charge on any atom is -0.305 e. The molecule has 160 valence electrons. The summed E-state index contributed by atoms with van der Waals surface area (Å²) in [6.07, 6.45) is 2.07. The molecule has 0 unspecified atom stereocenters. The molecule has 5 nitrogen and oxygen atoms in total. The lowest BCUT2D eigenvalue weighted by Crippen LogP contribution is -2.15. The van der Waals surface area contributed by atoms with Crippen molar-refractivity contribution in [3.8, 4) is 0 Å². The van der Waals surface area contributed by atoms with Gasteiger partial charge in [0.2, 0.25) is 0 Å². The standard InChI is InChI=1S/C26H30N4O/c1-6-7-14-30-24-21(16-19-9-8-17(2)15-22(19)27-24)23(29-30)28-25(31)18-10-12-20(13-11-18)26(3,4)5/h8-13,15-16H,6-7,14H2,1-5H3,(H,28,29,31). The molecule has 0 atom stereocenters. The van der Waals surface area contributed by atoms with Gasteiger partial charge in [0.05, 0.1) is 10.9 Å². The maximum absolute atomic E-state index is 13.0. The van der Waals surface area contributed by atoms with Crippen molar-refractivity contribution in [1.29, 1.82) is 0 Å². The largest absolute Gasteiger partial charge is 0.305 e. The van der Waals surface area contributed by atoms with E-state index < -0.39 is 0 Å². The number of pyridine rings is 1. The Kier molecular flexibility index (Phi) is 5.52. The van der Waals surface area contributed by atoms with Crippen molar-refractivity contribution in [1.82, 2.24) is 14.8 Å². The van der Waals surface area contributed by atoms with E-state index in [1.807, 2.05) is 28.9 Å². The molecule has 1 amide bonds. The van der Waals surface area contributed by atoms with E-state index in [4.69, 9.17) is 10.1 Å². The topological polar surface area (TPSA) is 59.8 Å². The van der Waals surface area contributed by atoms with Gasteiger partial charge in [0, 0.05) is 17.5 Å². The summed E-state index contributed by atoms with van der Waals surface area (Å²) in [5, 5.41) is 9.65. The first-order chi connectivity index (χ1) is 14.8. The van der Waals surface area contributed by atoms with E-state index in [1.54, 1.807) is 0 Å². The van der Waals surface area contributed by atoms with E-state index in [2.05, 4.69) is 64.2 Å². The van der Waals surface area contributed by atoms with Crippen LogP contribution in [0.25, 0.3) is 21.9 Å². The molecular formula is C26H30N4O. The minimum atomic E-state index is -0.161. The Morgan fingerprint density at radius 1 is 1.06 bits per heavy atom. The van der Waals surface area contributed by atoms with Crippen LogP contribution in [-0.4, -0.2) is 20.7 Å². The molecule has 2 heterocycles. The van der Waals surface area contributed by atoms with E-state index in [0.717, 1.165) is 41.3 Å². The quantitative estimate of drug-likeness (QED) is 0.420. The minimum absolute atomic E-state index is 0.0499. The lowest BCUT2D eigenvalue weighted by Gasteiger charge is -2.19. The van der Waals surface area contributed by atoms with Crippen molar-refractivity contribution < 1.29 is 4.79 Å². The zero-order valence-corrected chi connectivity index (χ0v) is 19.0. The molecule has 0 bridgehead atoms. The van der Waals surface area contributed by atoms with E-state index in [1.165, 1.54) is 11.1 Å². The first kappa shape index (κ1) is 21.0. The van der Waals surface area contributed by atoms with Gasteiger partial charge in [0.25, 0.3) is 5.91 Å². The summed E-state index contributed by atoms with van der Waals surface area (Å²) >= 11 is 0. The number of aryl methyl sites for hydroxylation is 2. The zero-order valence-electron chi connectivity index (χ0n) is 19.0. The number of hydrogen-bond donors (Lipinski definition) is 1. The number of benzene rings is 2. The number of nitrogens with zero attached hydrogens (tertiary/aromatic N) is 3. The molecule has 2 aromatic carbocycles. The lowest BCUT2D eigenvalue weighted by molar-refractivity contribution is 0.102. The maximum Gasteiger partial charge on any atom is 0.256 e. The highest BCUT2D eigenvalue weighted by atomic mass is 16.1. The van der Waals surface area contributed by atoms with Gasteiger partial charge in [-0.3, -0.25) is 4.79 Å². The number of aromatic nitrogens is 3. The molecule has 2 aromatic heterocycles. The first-order valence-electron chi connectivity index (χ1n) is 11.0. The van der Waals surface area contributed by atoms with Crippen LogP contribution in [0.1, 0.15) is 62.0 Å². The number of unbranched alkanes of at least 4 members (excludes halogenated alkanes) is 1. The van der Waals surface area contributed by atoms with E-state index in [0.29, 0.717) is 11.4 Å². The molecule has 0 aliphatic rings. The van der Waals surface area contributed by atoms with Crippen LogP contribution in [0, 0.1) is 6.92 Å². The molecule has 0 saturated heterocycles. The summed E-state index contributed by atoms with van der Waals surface area (Å²) in [5.74, 6) is 0.400. The van der Waals surface area contributed by atoms with Gasteiger partial charge in [-0.2, -0.15) is 5.10 Å². The van der Waals surface area contributed by atoms with Gasteiger partial charge in [-0.1, -0.05) is 58.4 Å². The summed E-state index contributed by atoms with van der Waals surface area (Å²) in [5.41, 5.74) is 4.80. The summed E-state index contributed by atoms with van der Waals surface area (Å²) in [4.78, 5) is 17.8. The molecule has 0 fully saturated rings. The molecular weight excluding hydrogens is 384 g/mol. The van der Waals surface area contributed by atoms with Crippen molar-refractivity contribution in [3.63, 3.8) is 0 Å². The number of anilines is 1. The van der Waals surface area contributed by atoms with Crippen LogP contribution in [0.3, 0.4) is 0 Å². The third-order valence-electron chi connectivity index (χ3n) is 5.64. The predicted molar refractivity (Wildman–Crippen MR) is 128 cm³/mol. The number of fused-ring (bicyclic) bond motifs is 2. The number of hydrogen-bond acceptors (Lipinski definition) is 3. The summed E-state index contributed by atoms with van der Waals surface area (Å²) in [6.45, 7) is 11.5. The summed E-state index contributed by atoms with van der Waals surface area (Å²) < 4.78 is 1.92. The smallest absolute Gasteiger partial charge is 0.256 e. The molecule has 0 radical (unpaired) electrons. The second kappa shape index (κ2) is 8.14. The first-order valence-corrected chi connectivity index (χ1v) is 11.0. The number of carbonyl (C=O) groups is 1. The van der Waals surface area contributed by atoms with Crippen LogP contribution >= 0.6 is 0 Å². The molecule has 31 heavy (non-hydrogen) atoms. The predicted octanol–water partition coefficient (Wildman–Crippen LogP) is 6.24. The highest BCUT2D eigenvalue weighted by molar-refractivity contribution is 6.08. The van der Waals surface area contributed by atoms with Crippen LogP contribution in [0.5, 0.6) is 0 Å². The van der Waals surface area contributed by atoms with Gasteiger partial charge in [-0.25, -0.2) is 9.67 Å². The van der Waals surface area contributed by atoms with Crippen molar-refractivity contribution in [3.05, 3.63) is 65.2 Å². The van der Waals surface area contributed by atoms with Crippen molar-refractivity contribution in [2.45, 2.75) is 59.4 Å². The fraction of sp³-hybridized carbons (Fsp3) is 0.346. The average molecular weight is 415 g/mol. The molecule has 4 aromatic rings. The van der Waals surface area contributed by atoms with Crippen LogP contribution < -0.4 is 5.32 Å². The lowest BCUT2D eigenvalue weighted by atomic mass is 9.87. The van der Waals surface area contributed by atoms with E-state index >= 15 is 0 Å². The Balaban J connectivity index is 1.72. The van der Waals surface area contributed by atoms with Crippen LogP contribution in [0.15, 0.2) is 48.5 Å². The van der Waals surface area contributed by atoms with Crippen molar-refractivity contribution in [2.24, 2.45) is 0 Å². The Morgan fingerprint density at radius 3 is 2.48 bits per heavy atom. The van der Waals surface area contributed by atoms with Gasteiger partial charge in [-0.05, 0) is 54.2 Å². The molecule has 0 spiro atoms. The van der Waals surface area contributed by atoms with E-state index in [9.17, 15) is 4.79 Å². The molecule has 0 aliphatic heterocycles. The third-order valence-corrected chi connectivity index (χ3v) is 5.64. The fourth-order valence-corrected chi connectivity index (χ4v) is 3.72. The van der Waals surface area contributed by atoms with Gasteiger partial charge in [-0.15, -0.1) is 0 Å². The molecule has 5 heteroatoms. The Hall–Kier alpha value is -3.21. The Labute approximate surface area is 183 Å². The van der Waals surface area contributed by atoms with Crippen LogP contribution in [-0.2, 0) is 12.0 Å². The van der Waals surface area contributed by atoms with Gasteiger partial charge in [0.1, 0.15) is 0 Å². The molecule has 1 N–H and O–H groups in total. The third kappa shape index (κ3) is 4.31. The average Bonchev–Trinajstić information content (AvgIpc) is 3.06. The zero-order chi connectivity index (χ0) is 22.2. The van der Waals surface area contributed by atoms with Gasteiger partial charge >= 0.3 is 0 Å². The highest BCUT2D eigenvalue weighted by Gasteiger charge is 2.18. The molecule has 0 aliphatic carbocycles. The number of nitrogens with one attached hydrogen (secondary N) is 1. The van der Waals surface area contributed by atoms with Gasteiger partial charge < -0.3 is 5.32 Å². The highest BCUT2D eigenvalue weighted by Crippen LogP contribution is 2.28. The summed E-state index contributed by atoms with van der Waals surface area (Å²) in [6, 6.07) is 16.1. The Bertz CT molecular complexity index is 1250. The van der Waals surface area contributed by atoms with E-state index in [-0.39, 0.29) is 11.3 Å². The maximum atomic E-state index is 13.0. The molecule has 4 rings (SSSR count). The monoisotopic (exact) mass is 414 g/mol. The van der Waals surface area contributed by atoms with Gasteiger partial charge in [0.15, 0.2) is 11.5 Å². The molecule has 0 saturated carbocycles. The Morgan fingerprint density at radius 2 is 1.81 bits per heavy atom. The number of rotatable bonds is 5. The van der Waals surface area contributed by atoms with Crippen molar-refractivity contribution >= 4 is 33.7 Å². The van der Waals surface area contributed by atoms with Crippen LogP contribution in [0.4, 0.5) is 5.82 Å². The SMILES string of the molecule is CCCCn1nc(NC(=O)c2ccc(C(C)(C)C)cc2)c2cc3ccc(C)cc3nc21. The normalized spacial score (nSPS) is 11.9. The summed E-state index contributed by atoms with van der Waals surface area (Å²) in [7, 11) is 0.